The van der Waals surface area contributed by atoms with E-state index >= 15 is 0 Å². The highest BCUT2D eigenvalue weighted by atomic mass is 35.5. The van der Waals surface area contributed by atoms with Crippen molar-refractivity contribution in [2.24, 2.45) is 0 Å². The zero-order chi connectivity index (χ0) is 18.8. The third-order valence-corrected chi connectivity index (χ3v) is 4.95. The first kappa shape index (κ1) is 17.5. The molecule has 0 saturated heterocycles. The van der Waals surface area contributed by atoms with Crippen LogP contribution < -0.4 is 5.32 Å². The molecule has 0 fully saturated rings. The molecule has 0 aliphatic carbocycles. The number of aromatic nitrogens is 5. The van der Waals surface area contributed by atoms with Crippen molar-refractivity contribution in [3.63, 3.8) is 0 Å². The molecule has 27 heavy (non-hydrogen) atoms. The van der Waals surface area contributed by atoms with Crippen LogP contribution in [-0.4, -0.2) is 31.1 Å². The summed E-state index contributed by atoms with van der Waals surface area (Å²) < 4.78 is 0. The van der Waals surface area contributed by atoms with Crippen LogP contribution in [0.3, 0.4) is 0 Å². The lowest BCUT2D eigenvalue weighted by atomic mass is 10.0. The van der Waals surface area contributed by atoms with Crippen LogP contribution in [0.4, 0.5) is 0 Å². The van der Waals surface area contributed by atoms with Gasteiger partial charge >= 0.3 is 0 Å². The number of hydrogen-bond donors (Lipinski definition) is 3. The van der Waals surface area contributed by atoms with Gasteiger partial charge in [-0.3, -0.25) is 19.9 Å². The third kappa shape index (κ3) is 3.51. The topological polar surface area (TPSA) is 99.3 Å². The molecule has 1 aromatic carbocycles. The normalized spacial score (nSPS) is 11.0. The number of benzene rings is 1. The highest BCUT2D eigenvalue weighted by molar-refractivity contribution is 6.45. The lowest BCUT2D eigenvalue weighted by Crippen LogP contribution is -2.25. The van der Waals surface area contributed by atoms with Gasteiger partial charge in [0, 0.05) is 40.8 Å². The van der Waals surface area contributed by atoms with Crippen molar-refractivity contribution < 1.29 is 4.79 Å². The summed E-state index contributed by atoms with van der Waals surface area (Å²) >= 11 is 12.5. The number of rotatable bonds is 5. The molecular formula is C18H14Cl2N6O. The van der Waals surface area contributed by atoms with Gasteiger partial charge in [-0.1, -0.05) is 29.3 Å². The first-order valence-corrected chi connectivity index (χ1v) is 8.88. The monoisotopic (exact) mass is 400 g/mol. The molecule has 0 aliphatic heterocycles. The van der Waals surface area contributed by atoms with Gasteiger partial charge in [0.05, 0.1) is 46.6 Å². The smallest absolute Gasteiger partial charge is 0.226 e. The highest BCUT2D eigenvalue weighted by Gasteiger charge is 2.19. The van der Waals surface area contributed by atoms with Crippen LogP contribution in [0, 0.1) is 0 Å². The van der Waals surface area contributed by atoms with E-state index in [0.29, 0.717) is 27.8 Å². The van der Waals surface area contributed by atoms with E-state index in [9.17, 15) is 4.79 Å². The molecule has 3 heterocycles. The van der Waals surface area contributed by atoms with Crippen molar-refractivity contribution in [3.8, 4) is 11.1 Å². The fourth-order valence-electron chi connectivity index (χ4n) is 2.94. The fourth-order valence-corrected chi connectivity index (χ4v) is 3.31. The minimum Gasteiger partial charge on any atom is -0.356 e. The number of halogens is 2. The Kier molecular flexibility index (Phi) is 4.79. The Bertz CT molecular complexity index is 1090. The maximum atomic E-state index is 12.5. The highest BCUT2D eigenvalue weighted by Crippen LogP contribution is 2.38. The summed E-state index contributed by atoms with van der Waals surface area (Å²) in [6, 6.07) is 3.62. The first-order chi connectivity index (χ1) is 13.1. The number of aromatic amines is 2. The molecular weight excluding hydrogens is 387 g/mol. The molecule has 0 radical (unpaired) electrons. The number of nitrogens with one attached hydrogen (secondary N) is 3. The second-order valence-electron chi connectivity index (χ2n) is 5.90. The van der Waals surface area contributed by atoms with E-state index in [1.165, 1.54) is 0 Å². The predicted octanol–water partition coefficient (Wildman–Crippen LogP) is 3.51. The molecule has 7 nitrogen and oxygen atoms in total. The van der Waals surface area contributed by atoms with E-state index < -0.39 is 0 Å². The Morgan fingerprint density at radius 3 is 2.81 bits per heavy atom. The van der Waals surface area contributed by atoms with Gasteiger partial charge in [-0.15, -0.1) is 0 Å². The van der Waals surface area contributed by atoms with Crippen LogP contribution in [-0.2, 0) is 17.8 Å². The number of hydrogen-bond acceptors (Lipinski definition) is 4. The van der Waals surface area contributed by atoms with E-state index in [4.69, 9.17) is 23.2 Å². The molecule has 0 atom stereocenters. The quantitative estimate of drug-likeness (QED) is 0.477. The molecule has 3 N–H and O–H groups in total. The van der Waals surface area contributed by atoms with Gasteiger partial charge < -0.3 is 10.3 Å². The Labute approximate surface area is 164 Å². The number of fused-ring (bicyclic) bond motifs is 1. The lowest BCUT2D eigenvalue weighted by molar-refractivity contribution is -0.120. The van der Waals surface area contributed by atoms with E-state index in [-0.39, 0.29) is 12.3 Å². The van der Waals surface area contributed by atoms with E-state index in [2.05, 4.69) is 30.5 Å². The molecule has 1 amide bonds. The minimum atomic E-state index is -0.154. The van der Waals surface area contributed by atoms with Crippen LogP contribution in [0.15, 0.2) is 43.1 Å². The van der Waals surface area contributed by atoms with Crippen LogP contribution in [0.5, 0.6) is 0 Å². The average molecular weight is 401 g/mol. The molecule has 0 aliphatic rings. The molecule has 136 valence electrons. The van der Waals surface area contributed by atoms with E-state index in [0.717, 1.165) is 22.2 Å². The summed E-state index contributed by atoms with van der Waals surface area (Å²) in [5.74, 6) is -0.154. The number of H-pyrrole nitrogens is 2. The molecule has 0 spiro atoms. The van der Waals surface area contributed by atoms with E-state index in [1.807, 2.05) is 6.07 Å². The lowest BCUT2D eigenvalue weighted by Gasteiger charge is -2.05. The predicted molar refractivity (Wildman–Crippen MR) is 103 cm³/mol. The van der Waals surface area contributed by atoms with Gasteiger partial charge in [0.2, 0.25) is 5.91 Å². The van der Waals surface area contributed by atoms with E-state index in [1.54, 1.807) is 37.1 Å². The van der Waals surface area contributed by atoms with Crippen molar-refractivity contribution in [2.75, 3.05) is 0 Å². The number of amides is 1. The summed E-state index contributed by atoms with van der Waals surface area (Å²) in [4.78, 5) is 23.8. The molecule has 9 heteroatoms. The number of nitrogens with zero attached hydrogens (tertiary/aromatic N) is 3. The minimum absolute atomic E-state index is 0.142. The van der Waals surface area contributed by atoms with Crippen LogP contribution >= 0.6 is 23.2 Å². The fraction of sp³-hybridized carbons (Fsp3) is 0.111. The van der Waals surface area contributed by atoms with Gasteiger partial charge in [0.15, 0.2) is 0 Å². The SMILES string of the molecule is O=C(Cc1[nH]c2c(Cl)c(Cl)ccc2c1-c1cn[nH]c1)NCc1cnccn1. The summed E-state index contributed by atoms with van der Waals surface area (Å²) in [5, 5.41) is 11.4. The third-order valence-electron chi connectivity index (χ3n) is 4.15. The summed E-state index contributed by atoms with van der Waals surface area (Å²) in [5.41, 5.74) is 3.83. The molecule has 0 unspecified atom stereocenters. The zero-order valence-electron chi connectivity index (χ0n) is 14.0. The summed E-state index contributed by atoms with van der Waals surface area (Å²) in [7, 11) is 0. The maximum absolute atomic E-state index is 12.5. The van der Waals surface area contributed by atoms with Crippen molar-refractivity contribution in [3.05, 3.63) is 64.6 Å². The van der Waals surface area contributed by atoms with Crippen LogP contribution in [0.25, 0.3) is 22.0 Å². The molecule has 0 saturated carbocycles. The van der Waals surface area contributed by atoms with Crippen molar-refractivity contribution in [1.29, 1.82) is 0 Å². The average Bonchev–Trinajstić information content (AvgIpc) is 3.32. The van der Waals surface area contributed by atoms with Crippen LogP contribution in [0.1, 0.15) is 11.4 Å². The molecule has 0 bridgehead atoms. The Hall–Kier alpha value is -2.90. The number of carbonyl (C=O) groups is 1. The Morgan fingerprint density at radius 2 is 2.07 bits per heavy atom. The summed E-state index contributed by atoms with van der Waals surface area (Å²) in [6.07, 6.45) is 8.40. The molecule has 3 aromatic heterocycles. The first-order valence-electron chi connectivity index (χ1n) is 8.13. The van der Waals surface area contributed by atoms with Crippen molar-refractivity contribution in [2.45, 2.75) is 13.0 Å². The number of carbonyl (C=O) groups excluding carboxylic acids is 1. The second-order valence-corrected chi connectivity index (χ2v) is 6.68. The van der Waals surface area contributed by atoms with Gasteiger partial charge in [-0.05, 0) is 6.07 Å². The molecule has 4 aromatic rings. The summed E-state index contributed by atoms with van der Waals surface area (Å²) in [6.45, 7) is 0.306. The standard InChI is InChI=1S/C18H14Cl2N6O/c19-13-2-1-12-16(10-6-24-25-7-10)14(26-18(12)17(13)20)5-15(27)23-9-11-8-21-3-4-22-11/h1-4,6-8,26H,5,9H2,(H,23,27)(H,24,25). The zero-order valence-corrected chi connectivity index (χ0v) is 15.5. The maximum Gasteiger partial charge on any atom is 0.226 e. The van der Waals surface area contributed by atoms with Gasteiger partial charge in [0.25, 0.3) is 0 Å². The largest absolute Gasteiger partial charge is 0.356 e. The molecule has 4 rings (SSSR count). The van der Waals surface area contributed by atoms with Crippen molar-refractivity contribution >= 4 is 40.0 Å². The Balaban J connectivity index is 1.65. The van der Waals surface area contributed by atoms with Gasteiger partial charge in [0.1, 0.15) is 0 Å². The van der Waals surface area contributed by atoms with Crippen molar-refractivity contribution in [1.82, 2.24) is 30.5 Å². The van der Waals surface area contributed by atoms with Crippen LogP contribution in [0.2, 0.25) is 10.0 Å². The van der Waals surface area contributed by atoms with Gasteiger partial charge in [-0.2, -0.15) is 5.10 Å². The second kappa shape index (κ2) is 7.38. The van der Waals surface area contributed by atoms with Gasteiger partial charge in [-0.25, -0.2) is 0 Å². The Morgan fingerprint density at radius 1 is 1.19 bits per heavy atom.